The molecule has 0 radical (unpaired) electrons. The van der Waals surface area contributed by atoms with Gasteiger partial charge in [0.15, 0.2) is 0 Å². The highest BCUT2D eigenvalue weighted by Crippen LogP contribution is 2.50. The minimum atomic E-state index is -1.35. The summed E-state index contributed by atoms with van der Waals surface area (Å²) in [6, 6.07) is 6.41. The predicted octanol–water partition coefficient (Wildman–Crippen LogP) is 5.27. The summed E-state index contributed by atoms with van der Waals surface area (Å²) in [4.78, 5) is 8.98. The second kappa shape index (κ2) is 7.93. The Labute approximate surface area is 182 Å². The summed E-state index contributed by atoms with van der Waals surface area (Å²) < 4.78 is 41.6. The fraction of sp³-hybridized carbons (Fsp3) is 0.200. The molecule has 1 atom stereocenters. The van der Waals surface area contributed by atoms with Gasteiger partial charge in [-0.3, -0.25) is 0 Å². The number of allylic oxidation sites excluding steroid dienone is 9. The zero-order valence-electron chi connectivity index (χ0n) is 16.7. The minimum absolute atomic E-state index is 0.470. The molecule has 31 heavy (non-hydrogen) atoms. The Morgan fingerprint density at radius 1 is 1.00 bits per heavy atom. The van der Waals surface area contributed by atoms with E-state index in [1.165, 1.54) is 24.5 Å². The van der Waals surface area contributed by atoms with Gasteiger partial charge in [0, 0.05) is 27.6 Å². The van der Waals surface area contributed by atoms with Crippen LogP contribution in [0.4, 0.5) is 8.78 Å². The summed E-state index contributed by atoms with van der Waals surface area (Å²) >= 11 is 0. The van der Waals surface area contributed by atoms with Crippen molar-refractivity contribution in [1.82, 2.24) is 9.97 Å². The summed E-state index contributed by atoms with van der Waals surface area (Å²) in [7, 11) is -1.35. The molecule has 6 heteroatoms. The summed E-state index contributed by atoms with van der Waals surface area (Å²) in [5.74, 6) is -1.09. The Bertz CT molecular complexity index is 1190. The molecule has 0 fully saturated rings. The minimum Gasteiger partial charge on any atom is -0.249 e. The van der Waals surface area contributed by atoms with Crippen molar-refractivity contribution in [3.8, 4) is 0 Å². The third-order valence-electron chi connectivity index (χ3n) is 5.97. The van der Waals surface area contributed by atoms with Crippen LogP contribution in [0, 0.1) is 17.3 Å². The van der Waals surface area contributed by atoms with Gasteiger partial charge >= 0.3 is 0 Å². The third kappa shape index (κ3) is 3.76. The highest BCUT2D eigenvalue weighted by molar-refractivity contribution is 7.93. The number of fused-ring (bicyclic) bond motifs is 1. The van der Waals surface area contributed by atoms with Gasteiger partial charge in [-0.25, -0.2) is 14.2 Å². The van der Waals surface area contributed by atoms with Gasteiger partial charge in [0.25, 0.3) is 0 Å². The van der Waals surface area contributed by atoms with E-state index in [9.17, 15) is 13.0 Å². The van der Waals surface area contributed by atoms with Crippen molar-refractivity contribution in [3.05, 3.63) is 117 Å². The monoisotopic (exact) mass is 434 g/mol. The molecule has 0 saturated heterocycles. The lowest BCUT2D eigenvalue weighted by molar-refractivity contribution is 0.363. The molecule has 2 aromatic rings. The van der Waals surface area contributed by atoms with Gasteiger partial charge in [-0.2, -0.15) is 8.78 Å². The van der Waals surface area contributed by atoms with Gasteiger partial charge in [-0.05, 0) is 84.4 Å². The first-order valence-electron chi connectivity index (χ1n) is 10.2. The molecule has 3 nitrogen and oxygen atoms in total. The van der Waals surface area contributed by atoms with Gasteiger partial charge in [0.1, 0.15) is 0 Å². The molecular weight excluding hydrogens is 414 g/mol. The molecule has 1 aliphatic heterocycles. The number of halogens is 2. The highest BCUT2D eigenvalue weighted by Gasteiger charge is 2.43. The molecule has 3 aliphatic rings. The zero-order chi connectivity index (χ0) is 21.4. The van der Waals surface area contributed by atoms with Crippen molar-refractivity contribution in [2.75, 3.05) is 0 Å². The smallest absolute Gasteiger partial charge is 0.213 e. The van der Waals surface area contributed by atoms with Crippen LogP contribution >= 0.6 is 0 Å². The maximum Gasteiger partial charge on any atom is 0.213 e. The van der Waals surface area contributed by atoms with E-state index in [0.29, 0.717) is 19.3 Å². The van der Waals surface area contributed by atoms with E-state index in [1.807, 2.05) is 18.2 Å². The van der Waals surface area contributed by atoms with Crippen LogP contribution in [0.2, 0.25) is 0 Å². The molecule has 0 bridgehead atoms. The Kier molecular flexibility index (Phi) is 5.10. The van der Waals surface area contributed by atoms with E-state index < -0.39 is 28.1 Å². The van der Waals surface area contributed by atoms with Crippen LogP contribution in [0.5, 0.6) is 0 Å². The van der Waals surface area contributed by atoms with Crippen molar-refractivity contribution in [3.63, 3.8) is 0 Å². The van der Waals surface area contributed by atoms with E-state index in [4.69, 9.17) is 0 Å². The molecule has 0 saturated carbocycles. The fourth-order valence-corrected chi connectivity index (χ4v) is 6.49. The molecule has 0 amide bonds. The van der Waals surface area contributed by atoms with Crippen LogP contribution in [0.3, 0.4) is 0 Å². The summed E-state index contributed by atoms with van der Waals surface area (Å²) in [6.07, 6.45) is 17.3. The summed E-state index contributed by atoms with van der Waals surface area (Å²) in [6.45, 7) is 0. The van der Waals surface area contributed by atoms with Crippen LogP contribution in [0.15, 0.2) is 94.1 Å². The van der Waals surface area contributed by atoms with Gasteiger partial charge in [-0.15, -0.1) is 0 Å². The average Bonchev–Trinajstić information content (AvgIpc) is 2.74. The van der Waals surface area contributed by atoms with Crippen molar-refractivity contribution in [1.29, 1.82) is 0 Å². The molecule has 5 rings (SSSR count). The summed E-state index contributed by atoms with van der Waals surface area (Å²) in [5, 5.41) is 0. The van der Waals surface area contributed by atoms with Crippen molar-refractivity contribution in [2.24, 2.45) is 5.41 Å². The molecular formula is C25H20F2N2OS. The van der Waals surface area contributed by atoms with Crippen LogP contribution < -0.4 is 0 Å². The van der Waals surface area contributed by atoms with E-state index in [2.05, 4.69) is 28.2 Å². The Morgan fingerprint density at radius 2 is 1.68 bits per heavy atom. The van der Waals surface area contributed by atoms with Gasteiger partial charge < -0.3 is 0 Å². The Balaban J connectivity index is 1.66. The van der Waals surface area contributed by atoms with E-state index in [0.717, 1.165) is 38.5 Å². The van der Waals surface area contributed by atoms with E-state index >= 15 is 0 Å². The van der Waals surface area contributed by atoms with E-state index in [1.54, 1.807) is 12.1 Å². The topological polar surface area (TPSA) is 42.9 Å². The van der Waals surface area contributed by atoms with Crippen LogP contribution in [0.1, 0.15) is 24.0 Å². The van der Waals surface area contributed by atoms with Crippen LogP contribution in [-0.4, -0.2) is 14.2 Å². The number of rotatable bonds is 4. The quantitative estimate of drug-likeness (QED) is 0.616. The molecule has 1 unspecified atom stereocenters. The second-order valence-corrected chi connectivity index (χ2v) is 9.49. The van der Waals surface area contributed by atoms with Gasteiger partial charge in [0.05, 0.1) is 10.8 Å². The molecule has 156 valence electrons. The number of hydrogen-bond acceptors (Lipinski definition) is 3. The first kappa shape index (κ1) is 19.9. The maximum atomic E-state index is 13.9. The largest absolute Gasteiger partial charge is 0.249 e. The molecule has 3 heterocycles. The SMILES string of the molecule is O=S1C2=CC=CCC2=CC2=C1C(Cc1ccnc(F)c1)(Cc1ccnc(F)c1)CC=C2. The lowest BCUT2D eigenvalue weighted by Crippen LogP contribution is -2.35. The number of nitrogens with zero attached hydrogens (tertiary/aromatic N) is 2. The van der Waals surface area contributed by atoms with Crippen LogP contribution in [0.25, 0.3) is 0 Å². The normalized spacial score (nSPS) is 21.3. The van der Waals surface area contributed by atoms with Crippen molar-refractivity contribution in [2.45, 2.75) is 25.7 Å². The summed E-state index contributed by atoms with van der Waals surface area (Å²) in [5.41, 5.74) is 2.96. The standard InChI is InChI=1S/C25H20F2N2OS/c26-22-12-17(7-10-28-22)15-25(16-18-8-11-29-23(27)13-18)9-3-5-20-14-19-4-1-2-6-21(19)31(30)24(20)25/h1-3,5-8,10-14H,4,9,15-16H2. The molecule has 2 aliphatic carbocycles. The number of aromatic nitrogens is 2. The fourth-order valence-electron chi connectivity index (χ4n) is 4.72. The molecule has 0 N–H and O–H groups in total. The van der Waals surface area contributed by atoms with Crippen molar-refractivity contribution < 1.29 is 13.0 Å². The van der Waals surface area contributed by atoms with Crippen LogP contribution in [-0.2, 0) is 23.6 Å². The van der Waals surface area contributed by atoms with Crippen molar-refractivity contribution >= 4 is 10.8 Å². The second-order valence-electron chi connectivity index (χ2n) is 8.10. The highest BCUT2D eigenvalue weighted by atomic mass is 32.2. The number of pyridine rings is 2. The van der Waals surface area contributed by atoms with Gasteiger partial charge in [-0.1, -0.05) is 24.3 Å². The molecule has 0 aromatic carbocycles. The molecule has 2 aromatic heterocycles. The zero-order valence-corrected chi connectivity index (χ0v) is 17.5. The van der Waals surface area contributed by atoms with Gasteiger partial charge in [0.2, 0.25) is 11.9 Å². The lowest BCUT2D eigenvalue weighted by Gasteiger charge is -2.40. The Morgan fingerprint density at radius 3 is 2.32 bits per heavy atom. The number of hydrogen-bond donors (Lipinski definition) is 0. The predicted molar refractivity (Wildman–Crippen MR) is 117 cm³/mol. The van der Waals surface area contributed by atoms with E-state index in [-0.39, 0.29) is 0 Å². The first-order chi connectivity index (χ1) is 15.0. The Hall–Kier alpha value is -2.99. The molecule has 0 spiro atoms. The third-order valence-corrected chi connectivity index (χ3v) is 7.81. The maximum absolute atomic E-state index is 13.9. The average molecular weight is 435 g/mol. The lowest BCUT2D eigenvalue weighted by atomic mass is 9.70. The first-order valence-corrected chi connectivity index (χ1v) is 11.3.